The third-order valence-electron chi connectivity index (χ3n) is 3.59. The highest BCUT2D eigenvalue weighted by atomic mass is 16.2. The van der Waals surface area contributed by atoms with Gasteiger partial charge in [0, 0.05) is 18.5 Å². The summed E-state index contributed by atoms with van der Waals surface area (Å²) in [5, 5.41) is 13.5. The minimum Gasteiger partial charge on any atom is -0.332 e. The van der Waals surface area contributed by atoms with E-state index in [1.165, 1.54) is 0 Å². The number of hydrogen-bond donors (Lipinski definition) is 2. The average molecular weight is 346 g/mol. The molecule has 0 saturated carbocycles. The number of pyridine rings is 1. The molecule has 0 spiro atoms. The van der Waals surface area contributed by atoms with Crippen molar-refractivity contribution in [2.24, 2.45) is 0 Å². The van der Waals surface area contributed by atoms with E-state index < -0.39 is 6.03 Å². The molecular weight excluding hydrogens is 332 g/mol. The summed E-state index contributed by atoms with van der Waals surface area (Å²) < 4.78 is 1.59. The lowest BCUT2D eigenvalue weighted by molar-refractivity contribution is 0.251. The van der Waals surface area contributed by atoms with Crippen molar-refractivity contribution in [3.8, 4) is 5.82 Å². The van der Waals surface area contributed by atoms with Crippen LogP contribution in [0.25, 0.3) is 16.9 Å². The number of hydrogen-bond acceptors (Lipinski definition) is 6. The molecule has 0 aliphatic heterocycles. The molecule has 0 bridgehead atoms. The van der Waals surface area contributed by atoms with Gasteiger partial charge in [-0.3, -0.25) is 10.3 Å². The summed E-state index contributed by atoms with van der Waals surface area (Å²) >= 11 is 0. The van der Waals surface area contributed by atoms with E-state index in [1.807, 2.05) is 42.5 Å². The quantitative estimate of drug-likeness (QED) is 0.584. The Hall–Kier alpha value is -3.88. The Morgan fingerprint density at radius 2 is 1.88 bits per heavy atom. The maximum atomic E-state index is 12.0. The fraction of sp³-hybridized carbons (Fsp3) is 0.0588. The van der Waals surface area contributed by atoms with Crippen LogP contribution in [0.4, 0.5) is 10.7 Å². The second-order valence-electron chi connectivity index (χ2n) is 5.36. The van der Waals surface area contributed by atoms with Gasteiger partial charge in [0.05, 0.1) is 17.8 Å². The molecule has 4 rings (SSSR count). The SMILES string of the molecule is O=C(NCc1ccccn1)Nc1nccc(-n2nnc3ccccc32)n1. The zero-order chi connectivity index (χ0) is 17.8. The standard InChI is InChI=1S/C17H14N8O/c26-17(20-11-12-5-3-4-9-18-12)22-16-19-10-8-15(21-16)25-14-7-2-1-6-13(14)23-24-25/h1-10H,11H2,(H2,19,20,21,22,26). The molecule has 0 aliphatic carbocycles. The Morgan fingerprint density at radius 3 is 2.77 bits per heavy atom. The van der Waals surface area contributed by atoms with Gasteiger partial charge in [0.1, 0.15) is 5.52 Å². The number of amides is 2. The molecule has 26 heavy (non-hydrogen) atoms. The lowest BCUT2D eigenvalue weighted by Crippen LogP contribution is -2.29. The van der Waals surface area contributed by atoms with Crippen LogP contribution in [0.3, 0.4) is 0 Å². The molecular formula is C17H14N8O. The van der Waals surface area contributed by atoms with Crippen molar-refractivity contribution in [3.63, 3.8) is 0 Å². The number of fused-ring (bicyclic) bond motifs is 1. The normalized spacial score (nSPS) is 10.6. The molecule has 9 nitrogen and oxygen atoms in total. The van der Waals surface area contributed by atoms with Crippen LogP contribution in [-0.2, 0) is 6.54 Å². The minimum atomic E-state index is -0.420. The van der Waals surface area contributed by atoms with Crippen LogP contribution < -0.4 is 10.6 Å². The predicted molar refractivity (Wildman–Crippen MR) is 94.6 cm³/mol. The number of nitrogens with zero attached hydrogens (tertiary/aromatic N) is 6. The second kappa shape index (κ2) is 6.93. The number of aromatic nitrogens is 6. The first-order valence-electron chi connectivity index (χ1n) is 7.88. The van der Waals surface area contributed by atoms with Crippen molar-refractivity contribution < 1.29 is 4.79 Å². The molecule has 9 heteroatoms. The topological polar surface area (TPSA) is 111 Å². The van der Waals surface area contributed by atoms with E-state index in [4.69, 9.17) is 0 Å². The third kappa shape index (κ3) is 3.31. The molecule has 0 aliphatic rings. The van der Waals surface area contributed by atoms with Gasteiger partial charge in [-0.05, 0) is 24.3 Å². The minimum absolute atomic E-state index is 0.167. The number of anilines is 1. The highest BCUT2D eigenvalue weighted by molar-refractivity contribution is 5.87. The van der Waals surface area contributed by atoms with Gasteiger partial charge in [0.2, 0.25) is 5.95 Å². The molecule has 0 radical (unpaired) electrons. The molecule has 0 unspecified atom stereocenters. The maximum absolute atomic E-state index is 12.0. The molecule has 1 aromatic carbocycles. The van der Waals surface area contributed by atoms with E-state index in [2.05, 4.69) is 35.9 Å². The van der Waals surface area contributed by atoms with Crippen LogP contribution in [0, 0.1) is 0 Å². The highest BCUT2D eigenvalue weighted by Gasteiger charge is 2.10. The summed E-state index contributed by atoms with van der Waals surface area (Å²) in [6.45, 7) is 0.306. The maximum Gasteiger partial charge on any atom is 0.321 e. The third-order valence-corrected chi connectivity index (χ3v) is 3.59. The van der Waals surface area contributed by atoms with Crippen molar-refractivity contribution in [2.45, 2.75) is 6.54 Å². The average Bonchev–Trinajstić information content (AvgIpc) is 3.12. The van der Waals surface area contributed by atoms with Crippen molar-refractivity contribution in [2.75, 3.05) is 5.32 Å². The number of nitrogens with one attached hydrogen (secondary N) is 2. The van der Waals surface area contributed by atoms with Crippen molar-refractivity contribution in [3.05, 3.63) is 66.6 Å². The lowest BCUT2D eigenvalue weighted by atomic mass is 10.3. The van der Waals surface area contributed by atoms with Gasteiger partial charge < -0.3 is 5.32 Å². The van der Waals surface area contributed by atoms with Gasteiger partial charge in [0.15, 0.2) is 5.82 Å². The number of carbonyl (C=O) groups excluding carboxylic acids is 1. The Morgan fingerprint density at radius 1 is 1.00 bits per heavy atom. The lowest BCUT2D eigenvalue weighted by Gasteiger charge is -2.07. The van der Waals surface area contributed by atoms with Gasteiger partial charge in [-0.25, -0.2) is 9.78 Å². The van der Waals surface area contributed by atoms with E-state index in [1.54, 1.807) is 23.1 Å². The van der Waals surface area contributed by atoms with Crippen LogP contribution >= 0.6 is 0 Å². The van der Waals surface area contributed by atoms with E-state index in [0.717, 1.165) is 16.7 Å². The van der Waals surface area contributed by atoms with Gasteiger partial charge in [0.25, 0.3) is 0 Å². The zero-order valence-corrected chi connectivity index (χ0v) is 13.6. The Balaban J connectivity index is 1.48. The summed E-state index contributed by atoms with van der Waals surface area (Å²) in [5.74, 6) is 0.675. The highest BCUT2D eigenvalue weighted by Crippen LogP contribution is 2.14. The summed E-state index contributed by atoms with van der Waals surface area (Å²) in [6.07, 6.45) is 3.22. The van der Waals surface area contributed by atoms with E-state index in [0.29, 0.717) is 12.4 Å². The Bertz CT molecular complexity index is 1050. The molecule has 3 heterocycles. The molecule has 128 valence electrons. The second-order valence-corrected chi connectivity index (χ2v) is 5.36. The van der Waals surface area contributed by atoms with Gasteiger partial charge >= 0.3 is 6.03 Å². The van der Waals surface area contributed by atoms with Crippen LogP contribution in [0.2, 0.25) is 0 Å². The monoisotopic (exact) mass is 346 g/mol. The van der Waals surface area contributed by atoms with Crippen LogP contribution in [0.5, 0.6) is 0 Å². The molecule has 0 fully saturated rings. The largest absolute Gasteiger partial charge is 0.332 e. The zero-order valence-electron chi connectivity index (χ0n) is 13.6. The van der Waals surface area contributed by atoms with Crippen molar-refractivity contribution in [1.82, 2.24) is 35.3 Å². The van der Waals surface area contributed by atoms with Crippen LogP contribution in [0.15, 0.2) is 60.9 Å². The van der Waals surface area contributed by atoms with Gasteiger partial charge in [-0.15, -0.1) is 5.10 Å². The van der Waals surface area contributed by atoms with E-state index in [-0.39, 0.29) is 5.95 Å². The molecule has 3 aromatic heterocycles. The van der Waals surface area contributed by atoms with E-state index >= 15 is 0 Å². The fourth-order valence-electron chi connectivity index (χ4n) is 2.38. The number of rotatable bonds is 4. The smallest absolute Gasteiger partial charge is 0.321 e. The number of carbonyl (C=O) groups is 1. The predicted octanol–water partition coefficient (Wildman–Crippen LogP) is 1.93. The fourth-order valence-corrected chi connectivity index (χ4v) is 2.38. The summed E-state index contributed by atoms with van der Waals surface area (Å²) in [4.78, 5) is 24.6. The summed E-state index contributed by atoms with van der Waals surface area (Å²) in [6, 6.07) is 14.3. The van der Waals surface area contributed by atoms with Crippen LogP contribution in [0.1, 0.15) is 5.69 Å². The molecule has 2 amide bonds. The van der Waals surface area contributed by atoms with Gasteiger partial charge in [-0.2, -0.15) is 9.67 Å². The summed E-state index contributed by atoms with van der Waals surface area (Å²) in [5.41, 5.74) is 2.33. The number of para-hydroxylation sites is 1. The molecule has 4 aromatic rings. The van der Waals surface area contributed by atoms with Crippen molar-refractivity contribution in [1.29, 1.82) is 0 Å². The first-order valence-corrected chi connectivity index (χ1v) is 7.88. The first kappa shape index (κ1) is 15.6. The van der Waals surface area contributed by atoms with Crippen LogP contribution in [-0.4, -0.2) is 36.0 Å². The first-order chi connectivity index (χ1) is 12.8. The summed E-state index contributed by atoms with van der Waals surface area (Å²) in [7, 11) is 0. The molecule has 0 saturated heterocycles. The van der Waals surface area contributed by atoms with Crippen molar-refractivity contribution >= 4 is 23.0 Å². The van der Waals surface area contributed by atoms with E-state index in [9.17, 15) is 4.79 Å². The Labute approximate surface area is 148 Å². The molecule has 2 N–H and O–H groups in total. The number of urea groups is 1. The Kier molecular flexibility index (Phi) is 4.17. The van der Waals surface area contributed by atoms with Gasteiger partial charge in [-0.1, -0.05) is 23.4 Å². The molecule has 0 atom stereocenters. The number of benzene rings is 1.